The van der Waals surface area contributed by atoms with E-state index in [1.54, 1.807) is 6.07 Å². The fourth-order valence-electron chi connectivity index (χ4n) is 4.96. The van der Waals surface area contributed by atoms with Crippen molar-refractivity contribution >= 4 is 29.1 Å². The lowest BCUT2D eigenvalue weighted by molar-refractivity contribution is -0.129. The summed E-state index contributed by atoms with van der Waals surface area (Å²) < 4.78 is 38.0. The number of aliphatic hydroxyl groups excluding tert-OH is 1. The van der Waals surface area contributed by atoms with Crippen LogP contribution in [0.5, 0.6) is 11.5 Å². The Balaban J connectivity index is 1.20. The van der Waals surface area contributed by atoms with Gasteiger partial charge < -0.3 is 25.2 Å². The van der Waals surface area contributed by atoms with Crippen LogP contribution in [-0.4, -0.2) is 48.0 Å². The number of hydrogen-bond donors (Lipinski definition) is 3. The lowest BCUT2D eigenvalue weighted by atomic mass is 9.60. The van der Waals surface area contributed by atoms with Crippen molar-refractivity contribution in [1.29, 1.82) is 0 Å². The highest BCUT2D eigenvalue weighted by Crippen LogP contribution is 2.47. The summed E-state index contributed by atoms with van der Waals surface area (Å²) in [6, 6.07) is 8.35. The number of carbonyl (C=O) groups is 1. The number of aliphatic hydroxyl groups is 1. The molecule has 5 rings (SSSR count). The molecule has 0 unspecified atom stereocenters. The van der Waals surface area contributed by atoms with E-state index in [2.05, 4.69) is 10.6 Å². The monoisotopic (exact) mass is 528 g/mol. The first-order chi connectivity index (χ1) is 16.7. The smallest absolute Gasteiger partial charge is 0.258 e. The number of nitrogens with one attached hydrogen (secondary N) is 2. The first kappa shape index (κ1) is 25.9. The second-order valence-electron chi connectivity index (χ2n) is 9.27. The second-order valence-corrected chi connectivity index (χ2v) is 10.1. The summed E-state index contributed by atoms with van der Waals surface area (Å²) in [5, 5.41) is 17.5. The van der Waals surface area contributed by atoms with Gasteiger partial charge in [-0.05, 0) is 69.3 Å². The topological polar surface area (TPSA) is 79.8 Å². The third-order valence-corrected chi connectivity index (χ3v) is 7.56. The average Bonchev–Trinajstić information content (AvgIpc) is 2.83. The van der Waals surface area contributed by atoms with Crippen LogP contribution in [0, 0.1) is 11.6 Å². The molecule has 10 heteroatoms. The van der Waals surface area contributed by atoms with Crippen molar-refractivity contribution in [1.82, 2.24) is 10.6 Å². The molecular formula is C25H28Cl2F2N2O4. The third kappa shape index (κ3) is 6.17. The van der Waals surface area contributed by atoms with Crippen molar-refractivity contribution in [2.24, 2.45) is 0 Å². The molecule has 3 N–H and O–H groups in total. The maximum atomic E-state index is 13.5. The Hall–Kier alpha value is -2.13. The zero-order valence-electron chi connectivity index (χ0n) is 19.1. The molecule has 0 saturated heterocycles. The molecule has 3 saturated carbocycles. The molecule has 6 nitrogen and oxygen atoms in total. The number of carbonyl (C=O) groups excluding carboxylic acids is 1. The highest BCUT2D eigenvalue weighted by molar-refractivity contribution is 6.31. The SMILES string of the molecule is O=C(COc1ccc(Cl)c(F)c1)NC12CCC(NCCCOc3ccc(Cl)c(F)c3)(CC1)[C@@H](O)C2. The molecule has 0 aromatic heterocycles. The van der Waals surface area contributed by atoms with Gasteiger partial charge >= 0.3 is 0 Å². The van der Waals surface area contributed by atoms with Crippen LogP contribution in [0.2, 0.25) is 10.0 Å². The molecule has 35 heavy (non-hydrogen) atoms. The summed E-state index contributed by atoms with van der Waals surface area (Å²) in [5.74, 6) is -0.799. The van der Waals surface area contributed by atoms with Crippen molar-refractivity contribution in [3.8, 4) is 11.5 Å². The van der Waals surface area contributed by atoms with Gasteiger partial charge in [-0.25, -0.2) is 8.78 Å². The standard InChI is InChI=1S/C25H28Cl2F2N2O4/c26-18-4-2-16(12-20(18)28)34-11-1-10-30-25-8-6-24(7-9-25,14-22(25)32)31-23(33)15-35-17-3-5-19(27)21(29)13-17/h2-5,12-13,22,30,32H,1,6-11,14-15H2,(H,31,33)/t22-,24?,25?/m0/s1. The quantitative estimate of drug-likeness (QED) is 0.391. The van der Waals surface area contributed by atoms with E-state index in [0.717, 1.165) is 31.7 Å². The van der Waals surface area contributed by atoms with Crippen LogP contribution in [-0.2, 0) is 4.79 Å². The highest BCUT2D eigenvalue weighted by atomic mass is 35.5. The van der Waals surface area contributed by atoms with Crippen molar-refractivity contribution < 1.29 is 28.2 Å². The van der Waals surface area contributed by atoms with E-state index in [1.165, 1.54) is 24.3 Å². The molecule has 1 amide bonds. The average molecular weight is 529 g/mol. The van der Waals surface area contributed by atoms with Gasteiger partial charge in [0.2, 0.25) is 0 Å². The minimum absolute atomic E-state index is 0.0133. The summed E-state index contributed by atoms with van der Waals surface area (Å²) in [4.78, 5) is 12.5. The Morgan fingerprint density at radius 3 is 2.17 bits per heavy atom. The maximum Gasteiger partial charge on any atom is 0.258 e. The molecule has 3 fully saturated rings. The second kappa shape index (κ2) is 10.9. The van der Waals surface area contributed by atoms with Crippen molar-refractivity contribution in [3.63, 3.8) is 0 Å². The molecular weight excluding hydrogens is 501 g/mol. The van der Waals surface area contributed by atoms with Gasteiger partial charge in [0, 0.05) is 23.2 Å². The molecule has 3 aliphatic rings. The molecule has 1 atom stereocenters. The Kier molecular flexibility index (Phi) is 8.06. The van der Waals surface area contributed by atoms with E-state index < -0.39 is 28.8 Å². The summed E-state index contributed by atoms with van der Waals surface area (Å²) in [5.41, 5.74) is -0.869. The number of fused-ring (bicyclic) bond motifs is 3. The van der Waals surface area contributed by atoms with Crippen LogP contribution in [0.25, 0.3) is 0 Å². The minimum Gasteiger partial charge on any atom is -0.493 e. The van der Waals surface area contributed by atoms with Crippen LogP contribution < -0.4 is 20.1 Å². The number of rotatable bonds is 10. The van der Waals surface area contributed by atoms with Gasteiger partial charge in [0.15, 0.2) is 6.61 Å². The molecule has 0 heterocycles. The Morgan fingerprint density at radius 1 is 1.00 bits per heavy atom. The van der Waals surface area contributed by atoms with Gasteiger partial charge in [-0.3, -0.25) is 4.79 Å². The lowest BCUT2D eigenvalue weighted by Crippen LogP contribution is -2.69. The lowest BCUT2D eigenvalue weighted by Gasteiger charge is -2.56. The number of hydrogen-bond acceptors (Lipinski definition) is 5. The van der Waals surface area contributed by atoms with Gasteiger partial charge in [0.25, 0.3) is 5.91 Å². The number of ether oxygens (including phenoxy) is 2. The van der Waals surface area contributed by atoms with Crippen LogP contribution >= 0.6 is 23.2 Å². The normalized spacial score (nSPS) is 25.3. The zero-order chi connectivity index (χ0) is 25.1. The molecule has 2 bridgehead atoms. The number of amides is 1. The fraction of sp³-hybridized carbons (Fsp3) is 0.480. The Labute approximate surface area is 212 Å². The third-order valence-electron chi connectivity index (χ3n) is 6.94. The van der Waals surface area contributed by atoms with Gasteiger partial charge in [0.1, 0.15) is 23.1 Å². The van der Waals surface area contributed by atoms with Crippen molar-refractivity contribution in [3.05, 3.63) is 58.1 Å². The Bertz CT molecular complexity index is 1060. The van der Waals surface area contributed by atoms with Crippen LogP contribution in [0.4, 0.5) is 8.78 Å². The van der Waals surface area contributed by atoms with Crippen molar-refractivity contribution in [2.45, 2.75) is 55.7 Å². The van der Waals surface area contributed by atoms with Gasteiger partial charge in [-0.15, -0.1) is 0 Å². The van der Waals surface area contributed by atoms with Crippen LogP contribution in [0.1, 0.15) is 38.5 Å². The molecule has 3 aliphatic carbocycles. The van der Waals surface area contributed by atoms with E-state index in [-0.39, 0.29) is 28.3 Å². The largest absolute Gasteiger partial charge is 0.493 e. The van der Waals surface area contributed by atoms with Gasteiger partial charge in [-0.2, -0.15) is 0 Å². The summed E-state index contributed by atoms with van der Waals surface area (Å²) in [7, 11) is 0. The summed E-state index contributed by atoms with van der Waals surface area (Å²) >= 11 is 11.3. The predicted octanol–water partition coefficient (Wildman–Crippen LogP) is 4.64. The number of benzene rings is 2. The van der Waals surface area contributed by atoms with E-state index in [0.29, 0.717) is 31.7 Å². The maximum absolute atomic E-state index is 13.5. The van der Waals surface area contributed by atoms with Crippen molar-refractivity contribution in [2.75, 3.05) is 19.8 Å². The first-order valence-corrected chi connectivity index (χ1v) is 12.4. The molecule has 0 spiro atoms. The molecule has 190 valence electrons. The summed E-state index contributed by atoms with van der Waals surface area (Å²) in [6.07, 6.45) is 3.44. The summed E-state index contributed by atoms with van der Waals surface area (Å²) in [6.45, 7) is 0.787. The van der Waals surface area contributed by atoms with Gasteiger partial charge in [-0.1, -0.05) is 23.2 Å². The Morgan fingerprint density at radius 2 is 1.60 bits per heavy atom. The van der Waals surface area contributed by atoms with E-state index in [4.69, 9.17) is 32.7 Å². The number of halogens is 4. The molecule has 2 aromatic rings. The first-order valence-electron chi connectivity index (χ1n) is 11.6. The van der Waals surface area contributed by atoms with Gasteiger partial charge in [0.05, 0.1) is 22.8 Å². The minimum atomic E-state index is -0.611. The molecule has 2 aromatic carbocycles. The zero-order valence-corrected chi connectivity index (χ0v) is 20.6. The van der Waals surface area contributed by atoms with Crippen LogP contribution in [0.3, 0.4) is 0 Å². The van der Waals surface area contributed by atoms with E-state index in [9.17, 15) is 18.7 Å². The van der Waals surface area contributed by atoms with Crippen LogP contribution in [0.15, 0.2) is 36.4 Å². The molecule has 0 aliphatic heterocycles. The van der Waals surface area contributed by atoms with E-state index >= 15 is 0 Å². The highest BCUT2D eigenvalue weighted by Gasteiger charge is 2.54. The predicted molar refractivity (Wildman–Crippen MR) is 129 cm³/mol. The molecule has 0 radical (unpaired) electrons. The van der Waals surface area contributed by atoms with E-state index in [1.807, 2.05) is 0 Å². The fourth-order valence-corrected chi connectivity index (χ4v) is 5.20.